The molecule has 0 heterocycles. The first kappa shape index (κ1) is 59.2. The maximum atomic E-state index is 14.1. The summed E-state index contributed by atoms with van der Waals surface area (Å²) in [4.78, 5) is 0.157. The van der Waals surface area contributed by atoms with Gasteiger partial charge in [-0.1, -0.05) is 134 Å². The van der Waals surface area contributed by atoms with Crippen LogP contribution in [0.4, 0.5) is 0 Å². The van der Waals surface area contributed by atoms with E-state index in [9.17, 15) is 33.7 Å². The Kier molecular flexibility index (Phi) is 17.0. The van der Waals surface area contributed by atoms with Gasteiger partial charge in [-0.15, -0.1) is 0 Å². The molecule has 16 heteroatoms. The fraction of sp³-hybridized carbons (Fsp3) is 0.250. The first-order valence-corrected chi connectivity index (χ1v) is 31.6. The molecule has 0 aliphatic carbocycles. The number of rotatable bonds is 19. The molecular weight excluding hydrogens is 1090 g/mol. The lowest BCUT2D eigenvalue weighted by atomic mass is 9.78. The van der Waals surface area contributed by atoms with E-state index in [1.54, 1.807) is 104 Å². The first-order chi connectivity index (χ1) is 37.4. The van der Waals surface area contributed by atoms with E-state index >= 15 is 0 Å². The summed E-state index contributed by atoms with van der Waals surface area (Å²) in [6.45, 7) is 18.7. The van der Waals surface area contributed by atoms with Gasteiger partial charge in [0.1, 0.15) is 32.8 Å². The molecule has 0 fully saturated rings. The van der Waals surface area contributed by atoms with Crippen molar-refractivity contribution in [2.24, 2.45) is 10.8 Å². The number of benzene rings is 8. The smallest absolute Gasteiger partial charge is 0.297 e. The van der Waals surface area contributed by atoms with Gasteiger partial charge in [0, 0.05) is 16.5 Å². The van der Waals surface area contributed by atoms with Crippen molar-refractivity contribution in [1.82, 2.24) is 0 Å². The van der Waals surface area contributed by atoms with Gasteiger partial charge < -0.3 is 9.47 Å². The monoisotopic (exact) mass is 1150 g/mol. The molecule has 8 aromatic rings. The van der Waals surface area contributed by atoms with Crippen molar-refractivity contribution < 1.29 is 51.5 Å². The summed E-state index contributed by atoms with van der Waals surface area (Å²) >= 11 is 0. The van der Waals surface area contributed by atoms with Crippen LogP contribution in [0.5, 0.6) is 23.0 Å². The van der Waals surface area contributed by atoms with Crippen LogP contribution in [0.3, 0.4) is 0 Å². The van der Waals surface area contributed by atoms with Crippen LogP contribution in [0.1, 0.15) is 88.8 Å². The normalized spacial score (nSPS) is 12.8. The Bertz CT molecular complexity index is 3970. The third-order valence-electron chi connectivity index (χ3n) is 13.2. The van der Waals surface area contributed by atoms with E-state index in [0.717, 1.165) is 16.7 Å². The van der Waals surface area contributed by atoms with E-state index in [-0.39, 0.29) is 60.1 Å². The second-order valence-electron chi connectivity index (χ2n) is 22.8. The van der Waals surface area contributed by atoms with Crippen molar-refractivity contribution in [2.75, 3.05) is 13.2 Å². The van der Waals surface area contributed by atoms with E-state index in [2.05, 4.69) is 13.8 Å². The zero-order valence-corrected chi connectivity index (χ0v) is 49.7. The number of aryl methyl sites for hydroxylation is 2. The quantitative estimate of drug-likeness (QED) is 0.0702. The molecule has 0 saturated heterocycles. The van der Waals surface area contributed by atoms with Crippen LogP contribution in [0, 0.1) is 24.7 Å². The van der Waals surface area contributed by atoms with Crippen LogP contribution in [0.25, 0.3) is 11.1 Å². The molecule has 0 amide bonds. The lowest BCUT2D eigenvalue weighted by molar-refractivity contribution is 0.203. The Labute approximate surface area is 472 Å². The molecule has 0 saturated carbocycles. The van der Waals surface area contributed by atoms with Crippen LogP contribution in [0.2, 0.25) is 0 Å². The standard InChI is InChI=1S/C64H66O12S4/c1-44-11-29-54(30-12-44)77(65,66)56-33-25-52(26-34-56)75-50-21-17-48(18-22-50)64(9,10)49-19-23-51(24-20-49)76-53-27-35-57(36-28-53)78(67,68)55-31-14-46(15-32-55)40-47-16-38-59(61(41-47)80(71,72)74-43-63(6,7)8)58-37-13-45(2)39-60(58)79(69,70)73-42-62(3,4)5/h11-39,41H,40,42-43H2,1-10H3. The molecule has 418 valence electrons. The molecule has 80 heavy (non-hydrogen) atoms. The Morgan fingerprint density at radius 2 is 0.662 bits per heavy atom. The zero-order chi connectivity index (χ0) is 58.1. The summed E-state index contributed by atoms with van der Waals surface area (Å²) < 4.78 is 133. The molecule has 0 aliphatic heterocycles. The highest BCUT2D eigenvalue weighted by atomic mass is 32.2. The van der Waals surface area contributed by atoms with Crippen LogP contribution in [-0.2, 0) is 60.1 Å². The summed E-state index contributed by atoms with van der Waals surface area (Å²) in [5.41, 5.74) is 3.82. The maximum Gasteiger partial charge on any atom is 0.297 e. The summed E-state index contributed by atoms with van der Waals surface area (Å²) in [5, 5.41) is 0. The number of sulfone groups is 2. The number of hydrogen-bond donors (Lipinski definition) is 0. The highest BCUT2D eigenvalue weighted by Crippen LogP contribution is 2.39. The molecule has 0 spiro atoms. The van der Waals surface area contributed by atoms with Gasteiger partial charge in [-0.2, -0.15) is 16.8 Å². The largest absolute Gasteiger partial charge is 0.457 e. The molecule has 0 unspecified atom stereocenters. The molecule has 0 atom stereocenters. The molecule has 0 bridgehead atoms. The highest BCUT2D eigenvalue weighted by molar-refractivity contribution is 7.91. The molecule has 8 rings (SSSR count). The van der Waals surface area contributed by atoms with Gasteiger partial charge in [0.15, 0.2) is 0 Å². The topological polar surface area (TPSA) is 173 Å². The predicted molar refractivity (Wildman–Crippen MR) is 311 cm³/mol. The maximum absolute atomic E-state index is 14.1. The van der Waals surface area contributed by atoms with E-state index in [1.165, 1.54) is 36.4 Å². The van der Waals surface area contributed by atoms with Crippen LogP contribution < -0.4 is 9.47 Å². The summed E-state index contributed by atoms with van der Waals surface area (Å²) in [7, 11) is -16.4. The van der Waals surface area contributed by atoms with Gasteiger partial charge in [0.2, 0.25) is 19.7 Å². The molecule has 12 nitrogen and oxygen atoms in total. The first-order valence-electron chi connectivity index (χ1n) is 25.9. The van der Waals surface area contributed by atoms with E-state index < -0.39 is 56.2 Å². The van der Waals surface area contributed by atoms with Crippen LogP contribution >= 0.6 is 0 Å². The Hall–Kier alpha value is -6.92. The molecular formula is C64H66O12S4. The summed E-state index contributed by atoms with van der Waals surface area (Å²) in [6.07, 6.45) is 0.217. The summed E-state index contributed by atoms with van der Waals surface area (Å²) in [5.74, 6) is 2.10. The molecule has 0 N–H and O–H groups in total. The van der Waals surface area contributed by atoms with E-state index in [1.807, 2.05) is 97.0 Å². The second-order valence-corrected chi connectivity index (χ2v) is 29.9. The summed E-state index contributed by atoms with van der Waals surface area (Å²) in [6, 6.07) is 50.5. The van der Waals surface area contributed by atoms with Crippen molar-refractivity contribution in [3.05, 3.63) is 215 Å². The minimum absolute atomic E-state index is 0.0604. The average Bonchev–Trinajstić information content (AvgIpc) is 3.43. The van der Waals surface area contributed by atoms with E-state index in [4.69, 9.17) is 17.8 Å². The van der Waals surface area contributed by atoms with Gasteiger partial charge >= 0.3 is 0 Å². The SMILES string of the molecule is Cc1ccc(S(=O)(=O)c2ccc(Oc3ccc(C(C)(C)c4ccc(Oc5ccc(S(=O)(=O)c6ccc(Cc7ccc(-c8ccc(C)cc8S(=O)(=O)OCC(C)(C)C)c(S(=O)(=O)OCC(C)(C)C)c7)cc6)cc5)cc4)cc3)cc2)cc1. The lowest BCUT2D eigenvalue weighted by Gasteiger charge is -2.26. The minimum atomic E-state index is -4.44. The second kappa shape index (κ2) is 22.9. The lowest BCUT2D eigenvalue weighted by Crippen LogP contribution is -2.20. The average molecular weight is 1160 g/mol. The van der Waals surface area contributed by atoms with Crippen molar-refractivity contribution >= 4 is 39.9 Å². The van der Waals surface area contributed by atoms with Crippen LogP contribution in [-0.4, -0.2) is 46.9 Å². The number of ether oxygens (including phenoxy) is 2. The van der Waals surface area contributed by atoms with Gasteiger partial charge in [-0.05, 0) is 168 Å². The third kappa shape index (κ3) is 14.1. The van der Waals surface area contributed by atoms with Crippen molar-refractivity contribution in [3.8, 4) is 34.1 Å². The third-order valence-corrected chi connectivity index (χ3v) is 19.4. The fourth-order valence-electron chi connectivity index (χ4n) is 8.50. The van der Waals surface area contributed by atoms with Gasteiger partial charge in [0.25, 0.3) is 20.2 Å². The number of hydrogen-bond acceptors (Lipinski definition) is 12. The van der Waals surface area contributed by atoms with Gasteiger partial charge in [-0.25, -0.2) is 16.8 Å². The van der Waals surface area contributed by atoms with Gasteiger partial charge in [0.05, 0.1) is 32.8 Å². The zero-order valence-electron chi connectivity index (χ0n) is 46.5. The fourth-order valence-corrected chi connectivity index (χ4v) is 13.8. The Morgan fingerprint density at radius 3 is 1.05 bits per heavy atom. The molecule has 0 aliphatic rings. The molecule has 8 aromatic carbocycles. The van der Waals surface area contributed by atoms with Crippen molar-refractivity contribution in [1.29, 1.82) is 0 Å². The minimum Gasteiger partial charge on any atom is -0.457 e. The van der Waals surface area contributed by atoms with Crippen LogP contribution in [0.15, 0.2) is 211 Å². The van der Waals surface area contributed by atoms with Crippen molar-refractivity contribution in [3.63, 3.8) is 0 Å². The Balaban J connectivity index is 0.919. The van der Waals surface area contributed by atoms with Gasteiger partial charge in [-0.3, -0.25) is 8.37 Å². The Morgan fingerprint density at radius 1 is 0.350 bits per heavy atom. The highest BCUT2D eigenvalue weighted by Gasteiger charge is 2.30. The molecule has 0 aromatic heterocycles. The van der Waals surface area contributed by atoms with E-state index in [0.29, 0.717) is 39.7 Å². The molecule has 0 radical (unpaired) electrons. The predicted octanol–water partition coefficient (Wildman–Crippen LogP) is 14.6. The van der Waals surface area contributed by atoms with Crippen molar-refractivity contribution in [2.45, 2.75) is 110 Å².